The molecule has 0 bridgehead atoms. The van der Waals surface area contributed by atoms with Crippen LogP contribution in [0.1, 0.15) is 31.0 Å². The van der Waals surface area contributed by atoms with E-state index in [-0.39, 0.29) is 0 Å². The molecule has 1 saturated heterocycles. The fraction of sp³-hybridized carbons (Fsp3) is 0.500. The number of aryl methyl sites for hydroxylation is 2. The molecule has 1 fully saturated rings. The van der Waals surface area contributed by atoms with Gasteiger partial charge in [-0.05, 0) is 45.8 Å². The number of aromatic nitrogens is 3. The molecular weight excluding hydrogens is 286 g/mol. The van der Waals surface area contributed by atoms with Gasteiger partial charge in [-0.1, -0.05) is 30.7 Å². The molecule has 2 aromatic rings. The Morgan fingerprint density at radius 3 is 2.91 bits per heavy atom. The lowest BCUT2D eigenvalue weighted by molar-refractivity contribution is 0.277. The van der Waals surface area contributed by atoms with E-state index in [1.807, 2.05) is 19.1 Å². The summed E-state index contributed by atoms with van der Waals surface area (Å²) in [5, 5.41) is 12.0. The zero-order valence-electron chi connectivity index (χ0n) is 14.2. The van der Waals surface area contributed by atoms with E-state index in [1.54, 1.807) is 0 Å². The molecule has 5 nitrogen and oxygen atoms in total. The van der Waals surface area contributed by atoms with E-state index in [4.69, 9.17) is 4.98 Å². The Hall–Kier alpha value is -2.01. The highest BCUT2D eigenvalue weighted by Gasteiger charge is 2.23. The summed E-state index contributed by atoms with van der Waals surface area (Å²) in [7, 11) is 0. The van der Waals surface area contributed by atoms with Gasteiger partial charge >= 0.3 is 0 Å². The van der Waals surface area contributed by atoms with Crippen molar-refractivity contribution in [1.29, 1.82) is 0 Å². The van der Waals surface area contributed by atoms with Crippen LogP contribution in [0.4, 0.5) is 5.82 Å². The van der Waals surface area contributed by atoms with Gasteiger partial charge in [-0.2, -0.15) is 0 Å². The number of likely N-dealkylation sites (tertiary alicyclic amines) is 1. The van der Waals surface area contributed by atoms with Crippen LogP contribution < -0.4 is 5.32 Å². The third-order valence-electron chi connectivity index (χ3n) is 4.54. The van der Waals surface area contributed by atoms with Gasteiger partial charge in [-0.15, -0.1) is 10.2 Å². The molecule has 0 saturated carbocycles. The van der Waals surface area contributed by atoms with Gasteiger partial charge in [0.25, 0.3) is 0 Å². The standard InChI is InChI=1S/C18H25N5/c1-4-23-10-6-9-16(23)12-19-17-14(3)21-22-18(20-17)15-8-5-7-13(2)11-15/h5,7-8,11,16H,4,6,9-10,12H2,1-3H3,(H,19,20,22)/t16-/m0/s1. The van der Waals surface area contributed by atoms with Crippen molar-refractivity contribution in [2.45, 2.75) is 39.7 Å². The fourth-order valence-electron chi connectivity index (χ4n) is 3.21. The number of likely N-dealkylation sites (N-methyl/N-ethyl adjacent to an activating group) is 1. The number of benzene rings is 1. The predicted molar refractivity (Wildman–Crippen MR) is 93.5 cm³/mol. The smallest absolute Gasteiger partial charge is 0.183 e. The number of nitrogens with zero attached hydrogens (tertiary/aromatic N) is 4. The van der Waals surface area contributed by atoms with Crippen molar-refractivity contribution >= 4 is 5.82 Å². The molecule has 1 aliphatic heterocycles. The second-order valence-electron chi connectivity index (χ2n) is 6.24. The molecule has 0 unspecified atom stereocenters. The van der Waals surface area contributed by atoms with Crippen molar-refractivity contribution in [2.24, 2.45) is 0 Å². The Kier molecular flexibility index (Phi) is 4.86. The quantitative estimate of drug-likeness (QED) is 0.920. The number of rotatable bonds is 5. The number of hydrogen-bond donors (Lipinski definition) is 1. The zero-order chi connectivity index (χ0) is 16.2. The molecule has 1 aliphatic rings. The maximum Gasteiger partial charge on any atom is 0.183 e. The Morgan fingerprint density at radius 2 is 2.13 bits per heavy atom. The normalized spacial score (nSPS) is 18.3. The maximum atomic E-state index is 4.69. The first kappa shape index (κ1) is 15.9. The van der Waals surface area contributed by atoms with Crippen molar-refractivity contribution in [2.75, 3.05) is 25.0 Å². The molecule has 1 N–H and O–H groups in total. The lowest BCUT2D eigenvalue weighted by Gasteiger charge is -2.23. The van der Waals surface area contributed by atoms with Crippen molar-refractivity contribution in [3.8, 4) is 11.4 Å². The summed E-state index contributed by atoms with van der Waals surface area (Å²) in [6, 6.07) is 8.81. The van der Waals surface area contributed by atoms with E-state index in [0.717, 1.165) is 30.2 Å². The Bertz CT molecular complexity index is 670. The highest BCUT2D eigenvalue weighted by atomic mass is 15.2. The van der Waals surface area contributed by atoms with Gasteiger partial charge < -0.3 is 5.32 Å². The van der Waals surface area contributed by atoms with Crippen LogP contribution in [0.3, 0.4) is 0 Å². The van der Waals surface area contributed by atoms with Crippen molar-refractivity contribution in [3.05, 3.63) is 35.5 Å². The Morgan fingerprint density at radius 1 is 1.26 bits per heavy atom. The van der Waals surface area contributed by atoms with Crippen molar-refractivity contribution in [1.82, 2.24) is 20.1 Å². The summed E-state index contributed by atoms with van der Waals surface area (Å²) >= 11 is 0. The van der Waals surface area contributed by atoms with Crippen LogP contribution in [0.2, 0.25) is 0 Å². The molecule has 1 atom stereocenters. The van der Waals surface area contributed by atoms with E-state index in [0.29, 0.717) is 11.9 Å². The molecule has 23 heavy (non-hydrogen) atoms. The minimum Gasteiger partial charge on any atom is -0.367 e. The van der Waals surface area contributed by atoms with Gasteiger partial charge in [0.2, 0.25) is 0 Å². The second-order valence-corrected chi connectivity index (χ2v) is 6.24. The Balaban J connectivity index is 1.76. The first-order valence-electron chi connectivity index (χ1n) is 8.43. The number of anilines is 1. The first-order chi connectivity index (χ1) is 11.2. The van der Waals surface area contributed by atoms with E-state index in [1.165, 1.54) is 24.9 Å². The van der Waals surface area contributed by atoms with Gasteiger partial charge in [0.15, 0.2) is 11.6 Å². The second kappa shape index (κ2) is 7.04. The van der Waals surface area contributed by atoms with Gasteiger partial charge in [-0.25, -0.2) is 4.98 Å². The van der Waals surface area contributed by atoms with Crippen molar-refractivity contribution in [3.63, 3.8) is 0 Å². The van der Waals surface area contributed by atoms with E-state index in [9.17, 15) is 0 Å². The maximum absolute atomic E-state index is 4.69. The molecule has 0 aliphatic carbocycles. The van der Waals surface area contributed by atoms with Crippen LogP contribution in [0, 0.1) is 13.8 Å². The monoisotopic (exact) mass is 311 g/mol. The summed E-state index contributed by atoms with van der Waals surface area (Å²) in [5.74, 6) is 1.53. The van der Waals surface area contributed by atoms with Crippen LogP contribution in [-0.2, 0) is 0 Å². The summed E-state index contributed by atoms with van der Waals surface area (Å²) in [4.78, 5) is 7.22. The number of nitrogens with one attached hydrogen (secondary N) is 1. The molecule has 1 aromatic carbocycles. The summed E-state index contributed by atoms with van der Waals surface area (Å²) in [6.07, 6.45) is 2.54. The minimum atomic E-state index is 0.594. The SMILES string of the molecule is CCN1CCC[C@H]1CNc1nc(-c2cccc(C)c2)nnc1C. The van der Waals surface area contributed by atoms with Crippen LogP contribution >= 0.6 is 0 Å². The van der Waals surface area contributed by atoms with E-state index < -0.39 is 0 Å². The third kappa shape index (κ3) is 3.67. The summed E-state index contributed by atoms with van der Waals surface area (Å²) in [5.41, 5.74) is 3.06. The molecule has 0 radical (unpaired) electrons. The predicted octanol–water partition coefficient (Wildman–Crippen LogP) is 3.05. The van der Waals surface area contributed by atoms with Gasteiger partial charge in [0.05, 0.1) is 0 Å². The minimum absolute atomic E-state index is 0.594. The van der Waals surface area contributed by atoms with Crippen LogP contribution in [0.5, 0.6) is 0 Å². The van der Waals surface area contributed by atoms with Crippen LogP contribution in [0.15, 0.2) is 24.3 Å². The average Bonchev–Trinajstić information content (AvgIpc) is 3.01. The third-order valence-corrected chi connectivity index (χ3v) is 4.54. The summed E-state index contributed by atoms with van der Waals surface area (Å²) < 4.78 is 0. The molecule has 5 heteroatoms. The van der Waals surface area contributed by atoms with E-state index in [2.05, 4.69) is 46.4 Å². The average molecular weight is 311 g/mol. The zero-order valence-corrected chi connectivity index (χ0v) is 14.2. The largest absolute Gasteiger partial charge is 0.367 e. The van der Waals surface area contributed by atoms with E-state index >= 15 is 0 Å². The highest BCUT2D eigenvalue weighted by Crippen LogP contribution is 2.20. The molecule has 2 heterocycles. The molecule has 3 rings (SSSR count). The number of hydrogen-bond acceptors (Lipinski definition) is 5. The van der Waals surface area contributed by atoms with Crippen LogP contribution in [-0.4, -0.2) is 45.8 Å². The molecule has 1 aromatic heterocycles. The van der Waals surface area contributed by atoms with Gasteiger partial charge in [0, 0.05) is 18.2 Å². The van der Waals surface area contributed by atoms with Gasteiger partial charge in [-0.3, -0.25) is 4.90 Å². The molecule has 122 valence electrons. The first-order valence-corrected chi connectivity index (χ1v) is 8.43. The lowest BCUT2D eigenvalue weighted by Crippen LogP contribution is -2.35. The molecule has 0 spiro atoms. The fourth-order valence-corrected chi connectivity index (χ4v) is 3.21. The Labute approximate surface area is 138 Å². The molecule has 0 amide bonds. The lowest BCUT2D eigenvalue weighted by atomic mass is 10.1. The molecular formula is C18H25N5. The topological polar surface area (TPSA) is 53.9 Å². The van der Waals surface area contributed by atoms with Gasteiger partial charge in [0.1, 0.15) is 5.69 Å². The van der Waals surface area contributed by atoms with Crippen LogP contribution in [0.25, 0.3) is 11.4 Å². The van der Waals surface area contributed by atoms with Crippen molar-refractivity contribution < 1.29 is 0 Å². The summed E-state index contributed by atoms with van der Waals surface area (Å²) in [6.45, 7) is 9.49. The highest BCUT2D eigenvalue weighted by molar-refractivity contribution is 5.58.